The molecule has 2 amide bonds. The molecule has 0 bridgehead atoms. The number of Topliss-reactive ketones (excluding diaryl/α,β-unsaturated/α-hetero) is 1. The van der Waals surface area contributed by atoms with Crippen LogP contribution < -0.4 is 19.5 Å². The number of nitrogens with zero attached hydrogens (tertiary/aromatic N) is 1. The van der Waals surface area contributed by atoms with E-state index in [2.05, 4.69) is 5.32 Å². The molecule has 2 aliphatic rings. The number of carboxylic acid groups (broad SMARTS) is 1. The van der Waals surface area contributed by atoms with Crippen molar-refractivity contribution >= 4 is 46.9 Å². The Labute approximate surface area is 193 Å². The van der Waals surface area contributed by atoms with Crippen LogP contribution in [0.25, 0.3) is 0 Å². The summed E-state index contributed by atoms with van der Waals surface area (Å²) >= 11 is 7.50. The molecule has 0 aromatic heterocycles. The number of thioether (sulfide) groups is 1. The molecule has 0 spiro atoms. The minimum Gasteiger partial charge on any atom is -0.493 e. The van der Waals surface area contributed by atoms with Gasteiger partial charge in [0.15, 0.2) is 17.3 Å². The fraction of sp³-hybridized carbons (Fsp3) is 0.500. The molecule has 1 aromatic rings. The maximum Gasteiger partial charge on any atom is 0.327 e. The topological polar surface area (TPSA) is 131 Å². The molecule has 3 atom stereocenters. The first-order chi connectivity index (χ1) is 14.9. The fourth-order valence-corrected chi connectivity index (χ4v) is 6.18. The van der Waals surface area contributed by atoms with Crippen molar-refractivity contribution in [2.45, 2.75) is 42.5 Å². The smallest absolute Gasteiger partial charge is 0.327 e. The monoisotopic (exact) mass is 486 g/mol. The molecule has 2 heterocycles. The van der Waals surface area contributed by atoms with Gasteiger partial charge in [-0.3, -0.25) is 14.4 Å². The number of nitrogens with one attached hydrogen (secondary N) is 1. The molecule has 32 heavy (non-hydrogen) atoms. The zero-order chi connectivity index (χ0) is 24.2. The summed E-state index contributed by atoms with van der Waals surface area (Å²) in [6.07, 6.45) is 0. The van der Waals surface area contributed by atoms with E-state index in [1.165, 1.54) is 34.3 Å². The summed E-state index contributed by atoms with van der Waals surface area (Å²) < 4.78 is 14.9. The van der Waals surface area contributed by atoms with Crippen LogP contribution in [0.2, 0.25) is 5.02 Å². The Morgan fingerprint density at radius 3 is 2.22 bits per heavy atom. The van der Waals surface area contributed by atoms with Crippen molar-refractivity contribution in [2.24, 2.45) is 0 Å². The standard InChI is InChI=1S/C20H23ClN2O8S/c1-8(24)20(17(28)23-14(16(26)27)19(2,3)32-18(20)23)22-15(25)9-7-10(29-4)12(30-5)13(31-6)11(9)21/h7,14,18H,1-6H3,(H,22,25)(H,26,27)/t14-,18+,20?/m0/s1. The van der Waals surface area contributed by atoms with E-state index in [-0.39, 0.29) is 27.8 Å². The van der Waals surface area contributed by atoms with Crippen LogP contribution in [0, 0.1) is 0 Å². The largest absolute Gasteiger partial charge is 0.493 e. The summed E-state index contributed by atoms with van der Waals surface area (Å²) in [7, 11) is 4.07. The van der Waals surface area contributed by atoms with Gasteiger partial charge >= 0.3 is 5.97 Å². The van der Waals surface area contributed by atoms with Crippen molar-refractivity contribution in [1.82, 2.24) is 10.2 Å². The van der Waals surface area contributed by atoms with Crippen molar-refractivity contribution in [3.8, 4) is 17.2 Å². The van der Waals surface area contributed by atoms with Crippen molar-refractivity contribution in [1.29, 1.82) is 0 Å². The predicted octanol–water partition coefficient (Wildman–Crippen LogP) is 1.57. The number of rotatable bonds is 7. The lowest BCUT2D eigenvalue weighted by Crippen LogP contribution is -2.82. The van der Waals surface area contributed by atoms with E-state index < -0.39 is 45.3 Å². The molecule has 2 saturated heterocycles. The van der Waals surface area contributed by atoms with Gasteiger partial charge in [-0.15, -0.1) is 11.8 Å². The number of benzene rings is 1. The number of hydrogen-bond donors (Lipinski definition) is 2. The number of methoxy groups -OCH3 is 3. The molecule has 0 saturated carbocycles. The first-order valence-corrected chi connectivity index (χ1v) is 10.7. The lowest BCUT2D eigenvalue weighted by atomic mass is 9.81. The summed E-state index contributed by atoms with van der Waals surface area (Å²) in [5.41, 5.74) is -2.03. The van der Waals surface area contributed by atoms with Gasteiger partial charge < -0.3 is 29.5 Å². The molecule has 12 heteroatoms. The second kappa shape index (κ2) is 8.04. The Balaban J connectivity index is 2.04. The number of fused-ring (bicyclic) bond motifs is 1. The van der Waals surface area contributed by atoms with Crippen LogP contribution in [0.4, 0.5) is 0 Å². The summed E-state index contributed by atoms with van der Waals surface area (Å²) in [5, 5.41) is 11.2. The number of ketones is 1. The van der Waals surface area contributed by atoms with Crippen molar-refractivity contribution < 1.29 is 38.5 Å². The van der Waals surface area contributed by atoms with Crippen LogP contribution in [0.3, 0.4) is 0 Å². The van der Waals surface area contributed by atoms with Crippen LogP contribution in [0.1, 0.15) is 31.1 Å². The number of carbonyl (C=O) groups excluding carboxylic acids is 3. The van der Waals surface area contributed by atoms with Gasteiger partial charge in [-0.2, -0.15) is 0 Å². The number of aliphatic carboxylic acids is 1. The third kappa shape index (κ3) is 3.17. The lowest BCUT2D eigenvalue weighted by Gasteiger charge is -2.51. The Morgan fingerprint density at radius 1 is 1.16 bits per heavy atom. The summed E-state index contributed by atoms with van der Waals surface area (Å²) in [6.45, 7) is 4.52. The highest BCUT2D eigenvalue weighted by Gasteiger charge is 2.74. The van der Waals surface area contributed by atoms with E-state index in [4.69, 9.17) is 25.8 Å². The highest BCUT2D eigenvalue weighted by molar-refractivity contribution is 8.01. The van der Waals surface area contributed by atoms with Crippen LogP contribution in [-0.2, 0) is 14.4 Å². The maximum atomic E-state index is 13.2. The molecule has 1 aromatic carbocycles. The molecule has 0 radical (unpaired) electrons. The normalized spacial score (nSPS) is 25.5. The van der Waals surface area contributed by atoms with Crippen LogP contribution >= 0.6 is 23.4 Å². The van der Waals surface area contributed by atoms with Gasteiger partial charge in [-0.25, -0.2) is 4.79 Å². The number of halogens is 1. The molecule has 174 valence electrons. The predicted molar refractivity (Wildman–Crippen MR) is 116 cm³/mol. The third-order valence-electron chi connectivity index (χ3n) is 5.66. The summed E-state index contributed by atoms with van der Waals surface area (Å²) in [6, 6.07) is 0.165. The quantitative estimate of drug-likeness (QED) is 0.435. The number of ether oxygens (including phenoxy) is 3. The SMILES string of the molecule is COc1cc(C(=O)NC2(C(C)=O)C(=O)N3[C@@H](C(=O)O)C(C)(C)S[C@@H]32)c(Cl)c(OC)c1OC. The molecule has 10 nitrogen and oxygen atoms in total. The number of β-lactam (4-membered cyclic amide) rings is 1. The lowest BCUT2D eigenvalue weighted by molar-refractivity contribution is -0.170. The van der Waals surface area contributed by atoms with Crippen molar-refractivity contribution in [3.05, 3.63) is 16.7 Å². The van der Waals surface area contributed by atoms with Crippen LogP contribution in [-0.4, -0.2) is 76.6 Å². The van der Waals surface area contributed by atoms with E-state index in [0.29, 0.717) is 0 Å². The van der Waals surface area contributed by atoms with Gasteiger partial charge in [0.1, 0.15) is 11.4 Å². The summed E-state index contributed by atoms with van der Waals surface area (Å²) in [4.78, 5) is 51.9. The average Bonchev–Trinajstić information content (AvgIpc) is 2.99. The zero-order valence-electron chi connectivity index (χ0n) is 18.3. The van der Waals surface area contributed by atoms with E-state index in [9.17, 15) is 24.3 Å². The number of hydrogen-bond acceptors (Lipinski definition) is 8. The van der Waals surface area contributed by atoms with E-state index in [0.717, 1.165) is 16.7 Å². The van der Waals surface area contributed by atoms with Crippen LogP contribution in [0.5, 0.6) is 17.2 Å². The van der Waals surface area contributed by atoms with Crippen molar-refractivity contribution in [3.63, 3.8) is 0 Å². The molecule has 2 N–H and O–H groups in total. The molecular weight excluding hydrogens is 464 g/mol. The Hall–Kier alpha value is -2.66. The fourth-order valence-electron chi connectivity index (χ4n) is 4.12. The minimum atomic E-state index is -1.92. The average molecular weight is 487 g/mol. The Kier molecular flexibility index (Phi) is 6.03. The molecule has 2 fully saturated rings. The van der Waals surface area contributed by atoms with Crippen LogP contribution in [0.15, 0.2) is 6.07 Å². The van der Waals surface area contributed by atoms with Gasteiger partial charge in [-0.1, -0.05) is 11.6 Å². The van der Waals surface area contributed by atoms with Gasteiger partial charge in [0, 0.05) is 4.75 Å². The van der Waals surface area contributed by atoms with Gasteiger partial charge in [0.05, 0.1) is 31.9 Å². The third-order valence-corrected chi connectivity index (χ3v) is 7.67. The molecule has 3 rings (SSSR count). The van der Waals surface area contributed by atoms with E-state index in [1.54, 1.807) is 13.8 Å². The maximum absolute atomic E-state index is 13.2. The molecule has 2 aliphatic heterocycles. The van der Waals surface area contributed by atoms with Gasteiger partial charge in [0.25, 0.3) is 11.8 Å². The first-order valence-electron chi connectivity index (χ1n) is 9.44. The van der Waals surface area contributed by atoms with Gasteiger partial charge in [-0.05, 0) is 26.8 Å². The van der Waals surface area contributed by atoms with E-state index in [1.807, 2.05) is 0 Å². The molecular formula is C20H23ClN2O8S. The zero-order valence-corrected chi connectivity index (χ0v) is 19.8. The first kappa shape index (κ1) is 24.0. The van der Waals surface area contributed by atoms with Gasteiger partial charge in [0.2, 0.25) is 11.3 Å². The summed E-state index contributed by atoms with van der Waals surface area (Å²) in [5.74, 6) is -3.04. The highest BCUT2D eigenvalue weighted by Crippen LogP contribution is 2.55. The Bertz CT molecular complexity index is 1030. The molecule has 1 unspecified atom stereocenters. The Morgan fingerprint density at radius 2 is 1.75 bits per heavy atom. The highest BCUT2D eigenvalue weighted by atomic mass is 35.5. The number of carboxylic acids is 1. The number of amides is 2. The second-order valence-electron chi connectivity index (χ2n) is 7.85. The second-order valence-corrected chi connectivity index (χ2v) is 9.96. The van der Waals surface area contributed by atoms with E-state index >= 15 is 0 Å². The van der Waals surface area contributed by atoms with Crippen molar-refractivity contribution in [2.75, 3.05) is 21.3 Å². The number of carbonyl (C=O) groups is 4. The molecule has 0 aliphatic carbocycles. The minimum absolute atomic E-state index is 0.0411.